The van der Waals surface area contributed by atoms with E-state index in [0.717, 1.165) is 24.7 Å². The molecule has 0 spiro atoms. The Labute approximate surface area is 110 Å². The lowest BCUT2D eigenvalue weighted by Crippen LogP contribution is -2.42. The average molecular weight is 244 g/mol. The van der Waals surface area contributed by atoms with Gasteiger partial charge in [0.05, 0.1) is 5.60 Å². The second-order valence-corrected chi connectivity index (χ2v) is 6.84. The third-order valence-electron chi connectivity index (χ3n) is 5.05. The van der Waals surface area contributed by atoms with E-state index in [9.17, 15) is 5.11 Å². The van der Waals surface area contributed by atoms with Crippen molar-refractivity contribution in [3.05, 3.63) is 35.4 Å². The van der Waals surface area contributed by atoms with E-state index in [-0.39, 0.29) is 0 Å². The maximum Gasteiger partial charge on any atom is 0.0756 e. The Bertz CT molecular complexity index is 402. The number of hydrogen-bond donors (Lipinski definition) is 1. The van der Waals surface area contributed by atoms with Gasteiger partial charge in [-0.3, -0.25) is 0 Å². The zero-order valence-corrected chi connectivity index (χ0v) is 11.5. The predicted molar refractivity (Wildman–Crippen MR) is 74.5 cm³/mol. The topological polar surface area (TPSA) is 20.2 Å². The van der Waals surface area contributed by atoms with E-state index in [1.807, 2.05) is 0 Å². The van der Waals surface area contributed by atoms with Crippen molar-refractivity contribution in [2.24, 2.45) is 17.8 Å². The number of rotatable bonds is 1. The molecule has 1 N–H and O–H groups in total. The summed E-state index contributed by atoms with van der Waals surface area (Å²) in [7, 11) is 0. The van der Waals surface area contributed by atoms with Gasteiger partial charge in [0.1, 0.15) is 0 Å². The fraction of sp³-hybridized carbons (Fsp3) is 0.647. The molecule has 1 saturated carbocycles. The molecule has 2 unspecified atom stereocenters. The molecule has 0 heterocycles. The standard InChI is InChI=1S/C17H24O/c1-12-7-13(2)9-16(8-12)17(18)10-14-5-3-4-6-15(14)11-17/h3-6,12-13,16,18H,7-11H2,1-2H3. The number of aliphatic hydroxyl groups is 1. The van der Waals surface area contributed by atoms with Gasteiger partial charge in [0.2, 0.25) is 0 Å². The molecule has 1 aromatic rings. The highest BCUT2D eigenvalue weighted by atomic mass is 16.3. The van der Waals surface area contributed by atoms with E-state index >= 15 is 0 Å². The Morgan fingerprint density at radius 3 is 1.94 bits per heavy atom. The maximum atomic E-state index is 11.1. The molecule has 0 saturated heterocycles. The fourth-order valence-electron chi connectivity index (χ4n) is 4.30. The van der Waals surface area contributed by atoms with Crippen LogP contribution >= 0.6 is 0 Å². The van der Waals surface area contributed by atoms with Crippen molar-refractivity contribution in [3.8, 4) is 0 Å². The summed E-state index contributed by atoms with van der Waals surface area (Å²) in [4.78, 5) is 0. The molecule has 18 heavy (non-hydrogen) atoms. The summed E-state index contributed by atoms with van der Waals surface area (Å²) >= 11 is 0. The quantitative estimate of drug-likeness (QED) is 0.800. The monoisotopic (exact) mass is 244 g/mol. The van der Waals surface area contributed by atoms with E-state index < -0.39 is 5.60 Å². The number of fused-ring (bicyclic) bond motifs is 1. The van der Waals surface area contributed by atoms with Crippen LogP contribution in [0.2, 0.25) is 0 Å². The van der Waals surface area contributed by atoms with Gasteiger partial charge in [0, 0.05) is 12.8 Å². The van der Waals surface area contributed by atoms with Crippen LogP contribution in [-0.2, 0) is 12.8 Å². The summed E-state index contributed by atoms with van der Waals surface area (Å²) < 4.78 is 0. The van der Waals surface area contributed by atoms with Crippen LogP contribution in [0.25, 0.3) is 0 Å². The molecule has 1 aromatic carbocycles. The highest BCUT2D eigenvalue weighted by Gasteiger charge is 2.44. The first-order valence-electron chi connectivity index (χ1n) is 7.36. The number of hydrogen-bond acceptors (Lipinski definition) is 1. The van der Waals surface area contributed by atoms with Crippen LogP contribution < -0.4 is 0 Å². The van der Waals surface area contributed by atoms with Crippen LogP contribution in [0.5, 0.6) is 0 Å². The molecule has 2 atom stereocenters. The van der Waals surface area contributed by atoms with E-state index in [1.165, 1.54) is 30.4 Å². The molecule has 1 heteroatoms. The first kappa shape index (κ1) is 12.2. The summed E-state index contributed by atoms with van der Waals surface area (Å²) in [5.74, 6) is 2.03. The van der Waals surface area contributed by atoms with Crippen LogP contribution in [0.3, 0.4) is 0 Å². The third-order valence-corrected chi connectivity index (χ3v) is 5.05. The Balaban J connectivity index is 1.81. The molecule has 3 rings (SSSR count). The van der Waals surface area contributed by atoms with Gasteiger partial charge in [0.15, 0.2) is 0 Å². The lowest BCUT2D eigenvalue weighted by Gasteiger charge is -2.40. The van der Waals surface area contributed by atoms with Crippen molar-refractivity contribution in [1.82, 2.24) is 0 Å². The highest BCUT2D eigenvalue weighted by Crippen LogP contribution is 2.44. The molecule has 0 aromatic heterocycles. The first-order valence-corrected chi connectivity index (χ1v) is 7.36. The van der Waals surface area contributed by atoms with Crippen molar-refractivity contribution in [2.45, 2.75) is 51.6 Å². The molecule has 2 aliphatic carbocycles. The summed E-state index contributed by atoms with van der Waals surface area (Å²) in [6.07, 6.45) is 5.48. The minimum atomic E-state index is -0.466. The van der Waals surface area contributed by atoms with Crippen molar-refractivity contribution in [2.75, 3.05) is 0 Å². The number of benzene rings is 1. The Morgan fingerprint density at radius 2 is 1.44 bits per heavy atom. The maximum absolute atomic E-state index is 11.1. The van der Waals surface area contributed by atoms with E-state index in [0.29, 0.717) is 5.92 Å². The lowest BCUT2D eigenvalue weighted by atomic mass is 9.68. The molecular weight excluding hydrogens is 220 g/mol. The predicted octanol–water partition coefficient (Wildman–Crippen LogP) is 3.59. The molecule has 0 amide bonds. The van der Waals surface area contributed by atoms with Crippen LogP contribution in [-0.4, -0.2) is 10.7 Å². The van der Waals surface area contributed by atoms with Crippen molar-refractivity contribution in [1.29, 1.82) is 0 Å². The highest BCUT2D eigenvalue weighted by molar-refractivity contribution is 5.35. The van der Waals surface area contributed by atoms with Crippen LogP contribution in [0.1, 0.15) is 44.2 Å². The van der Waals surface area contributed by atoms with Gasteiger partial charge in [-0.15, -0.1) is 0 Å². The molecule has 0 bridgehead atoms. The smallest absolute Gasteiger partial charge is 0.0756 e. The van der Waals surface area contributed by atoms with Gasteiger partial charge in [-0.25, -0.2) is 0 Å². The second-order valence-electron chi connectivity index (χ2n) is 6.84. The Hall–Kier alpha value is -0.820. The SMILES string of the molecule is CC1CC(C)CC(C2(O)Cc3ccccc3C2)C1. The molecule has 2 aliphatic rings. The van der Waals surface area contributed by atoms with Gasteiger partial charge in [0.25, 0.3) is 0 Å². The molecule has 0 radical (unpaired) electrons. The van der Waals surface area contributed by atoms with Crippen LogP contribution in [0.4, 0.5) is 0 Å². The first-order chi connectivity index (χ1) is 8.57. The van der Waals surface area contributed by atoms with E-state index in [1.54, 1.807) is 0 Å². The van der Waals surface area contributed by atoms with E-state index in [4.69, 9.17) is 0 Å². The average Bonchev–Trinajstić information content (AvgIpc) is 2.65. The molecule has 98 valence electrons. The molecule has 1 nitrogen and oxygen atoms in total. The van der Waals surface area contributed by atoms with Gasteiger partial charge in [-0.2, -0.15) is 0 Å². The van der Waals surface area contributed by atoms with Crippen molar-refractivity contribution in [3.63, 3.8) is 0 Å². The van der Waals surface area contributed by atoms with Crippen molar-refractivity contribution >= 4 is 0 Å². The Morgan fingerprint density at radius 1 is 0.944 bits per heavy atom. The minimum Gasteiger partial charge on any atom is -0.389 e. The summed E-state index contributed by atoms with van der Waals surface area (Å²) in [6.45, 7) is 4.68. The Kier molecular flexibility index (Phi) is 2.97. The minimum absolute atomic E-state index is 0.466. The van der Waals surface area contributed by atoms with Crippen molar-refractivity contribution < 1.29 is 5.11 Å². The normalized spacial score (nSPS) is 34.3. The summed E-state index contributed by atoms with van der Waals surface area (Å²) in [5.41, 5.74) is 2.27. The summed E-state index contributed by atoms with van der Waals surface area (Å²) in [5, 5.41) is 11.1. The lowest BCUT2D eigenvalue weighted by molar-refractivity contribution is -0.0402. The molecular formula is C17H24O. The second kappa shape index (κ2) is 4.38. The van der Waals surface area contributed by atoms with Gasteiger partial charge in [-0.05, 0) is 48.1 Å². The zero-order valence-electron chi connectivity index (χ0n) is 11.5. The van der Waals surface area contributed by atoms with Gasteiger partial charge in [-0.1, -0.05) is 38.1 Å². The third kappa shape index (κ3) is 2.09. The largest absolute Gasteiger partial charge is 0.389 e. The van der Waals surface area contributed by atoms with Gasteiger partial charge < -0.3 is 5.11 Å². The van der Waals surface area contributed by atoms with Gasteiger partial charge >= 0.3 is 0 Å². The van der Waals surface area contributed by atoms with Crippen LogP contribution in [0, 0.1) is 17.8 Å². The fourth-order valence-corrected chi connectivity index (χ4v) is 4.30. The molecule has 1 fully saturated rings. The van der Waals surface area contributed by atoms with E-state index in [2.05, 4.69) is 38.1 Å². The summed E-state index contributed by atoms with van der Waals surface area (Å²) in [6, 6.07) is 8.55. The zero-order chi connectivity index (χ0) is 12.8. The van der Waals surface area contributed by atoms with Crippen LogP contribution in [0.15, 0.2) is 24.3 Å². The molecule has 0 aliphatic heterocycles.